The Morgan fingerprint density at radius 2 is 2.09 bits per heavy atom. The maximum absolute atomic E-state index is 13.7. The highest BCUT2D eigenvalue weighted by Gasteiger charge is 2.18. The zero-order chi connectivity index (χ0) is 15.4. The quantitative estimate of drug-likeness (QED) is 0.916. The summed E-state index contributed by atoms with van der Waals surface area (Å²) in [6.45, 7) is 0.309. The van der Waals surface area contributed by atoms with E-state index >= 15 is 0 Å². The van der Waals surface area contributed by atoms with E-state index < -0.39 is 0 Å². The molecular formula is C17H19FN2O2. The molecule has 0 atom stereocenters. The van der Waals surface area contributed by atoms with Crippen LogP contribution in [0.25, 0.3) is 11.3 Å². The van der Waals surface area contributed by atoms with Crippen molar-refractivity contribution < 1.29 is 13.7 Å². The lowest BCUT2D eigenvalue weighted by atomic mass is 10.0. The molecule has 116 valence electrons. The SMILES string of the molecule is O=C(CC1CCCC1)NCc1cc(-c2ccccc2F)on1. The van der Waals surface area contributed by atoms with Crippen molar-refractivity contribution in [1.82, 2.24) is 10.5 Å². The summed E-state index contributed by atoms with van der Waals surface area (Å²) < 4.78 is 18.8. The highest BCUT2D eigenvalue weighted by molar-refractivity contribution is 5.76. The number of nitrogens with zero attached hydrogens (tertiary/aromatic N) is 1. The summed E-state index contributed by atoms with van der Waals surface area (Å²) in [7, 11) is 0. The van der Waals surface area contributed by atoms with Crippen molar-refractivity contribution in [1.29, 1.82) is 0 Å². The number of halogens is 1. The summed E-state index contributed by atoms with van der Waals surface area (Å²) in [5.74, 6) is 0.585. The molecule has 2 aromatic rings. The van der Waals surface area contributed by atoms with Crippen LogP contribution in [0.2, 0.25) is 0 Å². The number of carbonyl (C=O) groups is 1. The first-order chi connectivity index (χ1) is 10.7. The van der Waals surface area contributed by atoms with Crippen molar-refractivity contribution in [3.63, 3.8) is 0 Å². The molecule has 0 spiro atoms. The van der Waals surface area contributed by atoms with E-state index in [1.54, 1.807) is 24.3 Å². The van der Waals surface area contributed by atoms with Gasteiger partial charge in [0.15, 0.2) is 5.76 Å². The van der Waals surface area contributed by atoms with Gasteiger partial charge in [-0.05, 0) is 30.9 Å². The number of carbonyl (C=O) groups excluding carboxylic acids is 1. The molecule has 1 aliphatic carbocycles. The molecular weight excluding hydrogens is 283 g/mol. The standard InChI is InChI=1S/C17H19FN2O2/c18-15-8-4-3-7-14(15)16-10-13(20-22-16)11-19-17(21)9-12-5-1-2-6-12/h3-4,7-8,10,12H,1-2,5-6,9,11H2,(H,19,21). The van der Waals surface area contributed by atoms with Crippen molar-refractivity contribution >= 4 is 5.91 Å². The van der Waals surface area contributed by atoms with E-state index in [-0.39, 0.29) is 11.7 Å². The van der Waals surface area contributed by atoms with E-state index in [2.05, 4.69) is 10.5 Å². The molecule has 4 nitrogen and oxygen atoms in total. The fourth-order valence-corrected chi connectivity index (χ4v) is 2.92. The number of rotatable bonds is 5. The van der Waals surface area contributed by atoms with E-state index in [0.717, 1.165) is 12.8 Å². The largest absolute Gasteiger partial charge is 0.356 e. The number of hydrogen-bond donors (Lipinski definition) is 1. The molecule has 22 heavy (non-hydrogen) atoms. The summed E-state index contributed by atoms with van der Waals surface area (Å²) in [5.41, 5.74) is 0.969. The van der Waals surface area contributed by atoms with Crippen molar-refractivity contribution in [3.05, 3.63) is 41.8 Å². The second kappa shape index (κ2) is 6.73. The van der Waals surface area contributed by atoms with Crippen LogP contribution in [0.3, 0.4) is 0 Å². The third kappa shape index (κ3) is 3.53. The Kier molecular flexibility index (Phi) is 4.51. The van der Waals surface area contributed by atoms with Gasteiger partial charge in [-0.25, -0.2) is 4.39 Å². The average molecular weight is 302 g/mol. The van der Waals surface area contributed by atoms with Gasteiger partial charge in [-0.15, -0.1) is 0 Å². The zero-order valence-corrected chi connectivity index (χ0v) is 12.3. The molecule has 5 heteroatoms. The molecule has 1 N–H and O–H groups in total. The summed E-state index contributed by atoms with van der Waals surface area (Å²) >= 11 is 0. The fourth-order valence-electron chi connectivity index (χ4n) is 2.92. The third-order valence-electron chi connectivity index (χ3n) is 4.11. The summed E-state index contributed by atoms with van der Waals surface area (Å²) in [4.78, 5) is 11.9. The maximum atomic E-state index is 13.7. The number of aromatic nitrogens is 1. The van der Waals surface area contributed by atoms with Gasteiger partial charge in [0.25, 0.3) is 0 Å². The van der Waals surface area contributed by atoms with E-state index in [9.17, 15) is 9.18 Å². The number of nitrogens with one attached hydrogen (secondary N) is 1. The van der Waals surface area contributed by atoms with Crippen molar-refractivity contribution in [2.24, 2.45) is 5.92 Å². The Labute approximate surface area is 128 Å². The predicted octanol–water partition coefficient (Wildman–Crippen LogP) is 3.68. The molecule has 0 radical (unpaired) electrons. The predicted molar refractivity (Wildman–Crippen MR) is 80.3 cm³/mol. The zero-order valence-electron chi connectivity index (χ0n) is 12.3. The van der Waals surface area contributed by atoms with Gasteiger partial charge in [-0.2, -0.15) is 0 Å². The fraction of sp³-hybridized carbons (Fsp3) is 0.412. The Balaban J connectivity index is 1.55. The van der Waals surface area contributed by atoms with E-state index in [0.29, 0.717) is 35.9 Å². The van der Waals surface area contributed by atoms with Crippen molar-refractivity contribution in [2.45, 2.75) is 38.6 Å². The third-order valence-corrected chi connectivity index (χ3v) is 4.11. The Bertz CT molecular complexity index is 648. The Hall–Kier alpha value is -2.17. The van der Waals surface area contributed by atoms with E-state index in [1.807, 2.05) is 0 Å². The topological polar surface area (TPSA) is 55.1 Å². The van der Waals surface area contributed by atoms with Crippen LogP contribution in [0.1, 0.15) is 37.8 Å². The molecule has 1 fully saturated rings. The molecule has 1 aromatic heterocycles. The molecule has 0 saturated heterocycles. The molecule has 1 amide bonds. The molecule has 3 rings (SSSR count). The van der Waals surface area contributed by atoms with Gasteiger partial charge in [0.1, 0.15) is 11.5 Å². The number of hydrogen-bond acceptors (Lipinski definition) is 3. The van der Waals surface area contributed by atoms with Gasteiger partial charge in [-0.1, -0.05) is 30.1 Å². The van der Waals surface area contributed by atoms with Crippen LogP contribution in [0.15, 0.2) is 34.9 Å². The smallest absolute Gasteiger partial charge is 0.220 e. The minimum absolute atomic E-state index is 0.0438. The van der Waals surface area contributed by atoms with Gasteiger partial charge in [0, 0.05) is 12.5 Å². The van der Waals surface area contributed by atoms with Crippen LogP contribution in [0, 0.1) is 11.7 Å². The summed E-state index contributed by atoms with van der Waals surface area (Å²) in [6.07, 6.45) is 5.34. The van der Waals surface area contributed by atoms with Crippen LogP contribution in [-0.4, -0.2) is 11.1 Å². The van der Waals surface area contributed by atoms with E-state index in [1.165, 1.54) is 18.9 Å². The lowest BCUT2D eigenvalue weighted by molar-refractivity contribution is -0.122. The molecule has 1 aromatic carbocycles. The highest BCUT2D eigenvalue weighted by atomic mass is 19.1. The van der Waals surface area contributed by atoms with Gasteiger partial charge < -0.3 is 9.84 Å². The second-order valence-electron chi connectivity index (χ2n) is 5.79. The summed E-state index contributed by atoms with van der Waals surface area (Å²) in [5, 5.41) is 6.73. The highest BCUT2D eigenvalue weighted by Crippen LogP contribution is 2.27. The summed E-state index contributed by atoms with van der Waals surface area (Å²) in [6, 6.07) is 8.04. The lowest BCUT2D eigenvalue weighted by Gasteiger charge is -2.08. The molecule has 0 aliphatic heterocycles. The Morgan fingerprint density at radius 3 is 2.86 bits per heavy atom. The van der Waals surface area contributed by atoms with Crippen molar-refractivity contribution in [2.75, 3.05) is 0 Å². The van der Waals surface area contributed by atoms with Crippen LogP contribution >= 0.6 is 0 Å². The first-order valence-corrected chi connectivity index (χ1v) is 7.69. The van der Waals surface area contributed by atoms with Crippen LogP contribution in [0.4, 0.5) is 4.39 Å². The molecule has 1 saturated carbocycles. The molecule has 1 heterocycles. The van der Waals surface area contributed by atoms with Crippen LogP contribution in [0.5, 0.6) is 0 Å². The number of benzene rings is 1. The van der Waals surface area contributed by atoms with Gasteiger partial charge in [0.2, 0.25) is 5.91 Å². The Morgan fingerprint density at radius 1 is 1.32 bits per heavy atom. The normalized spacial score (nSPS) is 15.1. The first kappa shape index (κ1) is 14.8. The number of amides is 1. The van der Waals surface area contributed by atoms with Gasteiger partial charge >= 0.3 is 0 Å². The van der Waals surface area contributed by atoms with Crippen LogP contribution < -0.4 is 5.32 Å². The van der Waals surface area contributed by atoms with E-state index in [4.69, 9.17) is 4.52 Å². The molecule has 1 aliphatic rings. The minimum Gasteiger partial charge on any atom is -0.356 e. The molecule has 0 unspecified atom stereocenters. The maximum Gasteiger partial charge on any atom is 0.220 e. The monoisotopic (exact) mass is 302 g/mol. The van der Waals surface area contributed by atoms with Crippen LogP contribution in [-0.2, 0) is 11.3 Å². The molecule has 0 bridgehead atoms. The second-order valence-corrected chi connectivity index (χ2v) is 5.79. The minimum atomic E-state index is -0.351. The van der Waals surface area contributed by atoms with Gasteiger partial charge in [0.05, 0.1) is 12.1 Å². The van der Waals surface area contributed by atoms with Crippen molar-refractivity contribution in [3.8, 4) is 11.3 Å². The average Bonchev–Trinajstić information content (AvgIpc) is 3.17. The van der Waals surface area contributed by atoms with Gasteiger partial charge in [-0.3, -0.25) is 4.79 Å². The lowest BCUT2D eigenvalue weighted by Crippen LogP contribution is -2.24. The first-order valence-electron chi connectivity index (χ1n) is 7.69.